The van der Waals surface area contributed by atoms with E-state index >= 15 is 0 Å². The second kappa shape index (κ2) is 11.4. The summed E-state index contributed by atoms with van der Waals surface area (Å²) in [6.07, 6.45) is 0. The van der Waals surface area contributed by atoms with Crippen molar-refractivity contribution >= 4 is 46.4 Å². The van der Waals surface area contributed by atoms with Gasteiger partial charge in [-0.05, 0) is 43.0 Å². The summed E-state index contributed by atoms with van der Waals surface area (Å²) in [5.74, 6) is 0. The van der Waals surface area contributed by atoms with Crippen LogP contribution in [-0.2, 0) is 0 Å². The number of nitrogens with two attached hydrogens (primary N) is 1. The van der Waals surface area contributed by atoms with Crippen LogP contribution in [0, 0.1) is 6.92 Å². The molecule has 7 heteroatoms. The van der Waals surface area contributed by atoms with Crippen LogP contribution in [0.1, 0.15) is 5.56 Å². The Morgan fingerprint density at radius 3 is 1.82 bits per heavy atom. The number of aliphatic hydroxyl groups is 2. The zero-order chi connectivity index (χ0) is 13.8. The summed E-state index contributed by atoms with van der Waals surface area (Å²) in [6.45, 7) is 1.99. The highest BCUT2D eigenvalue weighted by molar-refractivity contribution is 7.80. The third-order valence-electron chi connectivity index (χ3n) is 1.29. The number of rotatable bonds is 0. The molecule has 17 heavy (non-hydrogen) atoms. The van der Waals surface area contributed by atoms with E-state index in [1.54, 1.807) is 7.05 Å². The highest BCUT2D eigenvalue weighted by Crippen LogP contribution is 2.11. The van der Waals surface area contributed by atoms with Crippen molar-refractivity contribution in [2.75, 3.05) is 7.05 Å². The van der Waals surface area contributed by atoms with Crippen LogP contribution in [0.3, 0.4) is 0 Å². The zero-order valence-electron chi connectivity index (χ0n) is 9.48. The van der Waals surface area contributed by atoms with Gasteiger partial charge < -0.3 is 21.3 Å². The Morgan fingerprint density at radius 2 is 1.65 bits per heavy atom. The molecular weight excluding hydrogens is 280 g/mol. The maximum absolute atomic E-state index is 7.98. The third-order valence-corrected chi connectivity index (χ3v) is 1.92. The largest absolute Gasteiger partial charge is 0.487 e. The first-order valence-electron chi connectivity index (χ1n) is 4.41. The van der Waals surface area contributed by atoms with E-state index < -0.39 is 5.17 Å². The summed E-state index contributed by atoms with van der Waals surface area (Å²) in [5.41, 5.74) is 5.53. The molecular formula is C10H15ClN2O2S2. The minimum Gasteiger partial charge on any atom is -0.487 e. The molecule has 0 amide bonds. The molecule has 0 saturated heterocycles. The van der Waals surface area contributed by atoms with Crippen molar-refractivity contribution < 1.29 is 10.2 Å². The van der Waals surface area contributed by atoms with Crippen molar-refractivity contribution in [3.05, 3.63) is 34.9 Å². The highest BCUT2D eigenvalue weighted by atomic mass is 35.5. The van der Waals surface area contributed by atoms with E-state index in [1.807, 2.05) is 31.2 Å². The fraction of sp³-hybridized carbons (Fsp3) is 0.200. The molecule has 4 nitrogen and oxygen atoms in total. The van der Waals surface area contributed by atoms with Gasteiger partial charge in [-0.15, -0.1) is 0 Å². The van der Waals surface area contributed by atoms with E-state index in [0.717, 1.165) is 10.6 Å². The summed E-state index contributed by atoms with van der Waals surface area (Å²) in [5, 5.41) is 18.0. The molecule has 0 aromatic heterocycles. The number of thiocarbonyl (C=S) groups is 2. The van der Waals surface area contributed by atoms with Crippen molar-refractivity contribution in [3.8, 4) is 0 Å². The number of aliphatic hydroxyl groups excluding tert-OH is 2. The standard InChI is InChI=1S/C7H7Cl.C2H5NOS.CH3NOS/c1-6-4-2-3-5-7(6)8;1-3-2(4)5;2-1(3)4/h2-5H,1H3;1H3,(H2,3,4,5);(H3,2,3,4). The molecule has 1 rings (SSSR count). The van der Waals surface area contributed by atoms with Crippen molar-refractivity contribution in [3.63, 3.8) is 0 Å². The maximum Gasteiger partial charge on any atom is 0.253 e. The van der Waals surface area contributed by atoms with Gasteiger partial charge in [0, 0.05) is 12.1 Å². The maximum atomic E-state index is 7.98. The SMILES string of the molecule is CNC(O)=S.Cc1ccccc1Cl.NC(O)=S. The Balaban J connectivity index is 0. The number of aryl methyl sites for hydroxylation is 1. The van der Waals surface area contributed by atoms with Gasteiger partial charge in [-0.25, -0.2) is 0 Å². The Bertz CT molecular complexity index is 337. The molecule has 0 fully saturated rings. The highest BCUT2D eigenvalue weighted by Gasteiger charge is 1.86. The van der Waals surface area contributed by atoms with Crippen LogP contribution in [0.2, 0.25) is 5.02 Å². The van der Waals surface area contributed by atoms with Crippen LogP contribution in [0.4, 0.5) is 0 Å². The van der Waals surface area contributed by atoms with Crippen LogP contribution in [0.5, 0.6) is 0 Å². The number of hydrogen-bond donors (Lipinski definition) is 4. The predicted octanol–water partition coefficient (Wildman–Crippen LogP) is 2.49. The lowest BCUT2D eigenvalue weighted by Gasteiger charge is -1.90. The second-order valence-corrected chi connectivity index (χ2v) is 3.85. The molecule has 0 bridgehead atoms. The molecule has 0 saturated carbocycles. The average Bonchev–Trinajstić information content (AvgIpc) is 2.22. The summed E-state index contributed by atoms with van der Waals surface area (Å²) < 4.78 is 0. The van der Waals surface area contributed by atoms with Gasteiger partial charge in [-0.1, -0.05) is 29.8 Å². The van der Waals surface area contributed by atoms with Crippen molar-refractivity contribution in [2.24, 2.45) is 5.73 Å². The molecule has 0 radical (unpaired) electrons. The number of nitrogens with one attached hydrogen (secondary N) is 1. The van der Waals surface area contributed by atoms with Gasteiger partial charge in [0.25, 0.3) is 10.3 Å². The molecule has 1 aromatic rings. The van der Waals surface area contributed by atoms with Gasteiger partial charge in [0.2, 0.25) is 0 Å². The Morgan fingerprint density at radius 1 is 1.29 bits per heavy atom. The molecule has 0 aliphatic heterocycles. The number of halogens is 1. The van der Waals surface area contributed by atoms with Gasteiger partial charge >= 0.3 is 0 Å². The molecule has 0 aliphatic rings. The molecule has 0 spiro atoms. The Kier molecular flexibility index (Phi) is 12.2. The molecule has 0 atom stereocenters. The van der Waals surface area contributed by atoms with Crippen molar-refractivity contribution in [1.82, 2.24) is 5.32 Å². The Labute approximate surface area is 116 Å². The first-order chi connectivity index (χ1) is 7.81. The van der Waals surface area contributed by atoms with Crippen LogP contribution in [0.15, 0.2) is 24.3 Å². The Hall–Kier alpha value is -1.11. The smallest absolute Gasteiger partial charge is 0.253 e. The first kappa shape index (κ1) is 18.3. The lowest BCUT2D eigenvalue weighted by Crippen LogP contribution is -2.12. The monoisotopic (exact) mass is 294 g/mol. The average molecular weight is 295 g/mol. The van der Waals surface area contributed by atoms with E-state index in [9.17, 15) is 0 Å². The van der Waals surface area contributed by atoms with Gasteiger partial charge in [0.1, 0.15) is 0 Å². The summed E-state index contributed by atoms with van der Waals surface area (Å²) in [4.78, 5) is 0. The number of benzene rings is 1. The molecule has 1 aromatic carbocycles. The molecule has 0 heterocycles. The van der Waals surface area contributed by atoms with Crippen LogP contribution in [-0.4, -0.2) is 27.6 Å². The van der Waals surface area contributed by atoms with Gasteiger partial charge in [-0.3, -0.25) is 0 Å². The fourth-order valence-electron chi connectivity index (χ4n) is 0.551. The molecule has 5 N–H and O–H groups in total. The second-order valence-electron chi connectivity index (χ2n) is 2.64. The van der Waals surface area contributed by atoms with Gasteiger partial charge in [0.05, 0.1) is 0 Å². The first-order valence-corrected chi connectivity index (χ1v) is 5.60. The molecule has 0 unspecified atom stereocenters. The van der Waals surface area contributed by atoms with E-state index in [1.165, 1.54) is 0 Å². The molecule has 0 aliphatic carbocycles. The van der Waals surface area contributed by atoms with E-state index in [4.69, 9.17) is 21.8 Å². The predicted molar refractivity (Wildman–Crippen MR) is 79.9 cm³/mol. The summed E-state index contributed by atoms with van der Waals surface area (Å²) >= 11 is 13.7. The van der Waals surface area contributed by atoms with Gasteiger partial charge in [0.15, 0.2) is 0 Å². The van der Waals surface area contributed by atoms with Crippen molar-refractivity contribution in [1.29, 1.82) is 0 Å². The fourth-order valence-corrected chi connectivity index (χ4v) is 0.687. The van der Waals surface area contributed by atoms with E-state index in [-0.39, 0.29) is 5.17 Å². The topological polar surface area (TPSA) is 78.5 Å². The minimum atomic E-state index is -0.500. The summed E-state index contributed by atoms with van der Waals surface area (Å²) in [7, 11) is 1.56. The molecule has 96 valence electrons. The van der Waals surface area contributed by atoms with Gasteiger partial charge in [-0.2, -0.15) is 0 Å². The number of hydrogen-bond acceptors (Lipinski definition) is 2. The quantitative estimate of drug-likeness (QED) is 0.551. The third kappa shape index (κ3) is 17.5. The normalized spacial score (nSPS) is 7.71. The van der Waals surface area contributed by atoms with E-state index in [2.05, 4.69) is 35.5 Å². The lowest BCUT2D eigenvalue weighted by molar-refractivity contribution is 0.542. The van der Waals surface area contributed by atoms with E-state index in [0.29, 0.717) is 0 Å². The minimum absolute atomic E-state index is 0.162. The lowest BCUT2D eigenvalue weighted by atomic mass is 10.2. The van der Waals surface area contributed by atoms with Crippen LogP contribution in [0.25, 0.3) is 0 Å². The van der Waals surface area contributed by atoms with Crippen LogP contribution < -0.4 is 11.1 Å². The van der Waals surface area contributed by atoms with Crippen LogP contribution >= 0.6 is 36.0 Å². The zero-order valence-corrected chi connectivity index (χ0v) is 11.9. The summed E-state index contributed by atoms with van der Waals surface area (Å²) in [6, 6.07) is 7.77. The van der Waals surface area contributed by atoms with Crippen molar-refractivity contribution in [2.45, 2.75) is 6.92 Å².